The summed E-state index contributed by atoms with van der Waals surface area (Å²) in [6.45, 7) is 4.39. The van der Waals surface area contributed by atoms with E-state index in [0.29, 0.717) is 6.54 Å². The number of hydrogen-bond acceptors (Lipinski definition) is 3. The summed E-state index contributed by atoms with van der Waals surface area (Å²) in [6.07, 6.45) is 4.70. The normalized spacial score (nSPS) is 13.5. The highest BCUT2D eigenvalue weighted by Gasteiger charge is 2.04. The molecular formula is C12H16N2O2. The SMILES string of the molecule is C/C(=C\C(=O)O)CNC(C)c1ccncc1. The van der Waals surface area contributed by atoms with E-state index in [0.717, 1.165) is 11.1 Å². The number of nitrogens with zero attached hydrogens (tertiary/aromatic N) is 1. The first-order valence-corrected chi connectivity index (χ1v) is 5.13. The summed E-state index contributed by atoms with van der Waals surface area (Å²) in [4.78, 5) is 14.4. The Morgan fingerprint density at radius 3 is 2.75 bits per heavy atom. The molecule has 0 aliphatic carbocycles. The van der Waals surface area contributed by atoms with Gasteiger partial charge < -0.3 is 10.4 Å². The van der Waals surface area contributed by atoms with Crippen LogP contribution in [0.4, 0.5) is 0 Å². The predicted molar refractivity (Wildman–Crippen MR) is 62.0 cm³/mol. The van der Waals surface area contributed by atoms with Gasteiger partial charge in [0.15, 0.2) is 0 Å². The van der Waals surface area contributed by atoms with Gasteiger partial charge in [-0.3, -0.25) is 4.98 Å². The average molecular weight is 220 g/mol. The Morgan fingerprint density at radius 2 is 2.19 bits per heavy atom. The molecule has 0 spiro atoms. The first-order chi connectivity index (χ1) is 7.59. The van der Waals surface area contributed by atoms with E-state index in [4.69, 9.17) is 5.11 Å². The molecule has 0 aromatic carbocycles. The highest BCUT2D eigenvalue weighted by Crippen LogP contribution is 2.10. The Morgan fingerprint density at radius 1 is 1.56 bits per heavy atom. The van der Waals surface area contributed by atoms with Crippen LogP contribution in [0.25, 0.3) is 0 Å². The molecule has 1 unspecified atom stereocenters. The van der Waals surface area contributed by atoms with Gasteiger partial charge in [0.1, 0.15) is 0 Å². The fourth-order valence-electron chi connectivity index (χ4n) is 1.35. The fourth-order valence-corrected chi connectivity index (χ4v) is 1.35. The first kappa shape index (κ1) is 12.4. The lowest BCUT2D eigenvalue weighted by Crippen LogP contribution is -2.20. The number of pyridine rings is 1. The lowest BCUT2D eigenvalue weighted by molar-refractivity contribution is -0.131. The van der Waals surface area contributed by atoms with Crippen LogP contribution < -0.4 is 5.32 Å². The second kappa shape index (κ2) is 6.02. The Bertz CT molecular complexity index is 374. The molecule has 0 amide bonds. The molecule has 0 saturated carbocycles. The molecule has 16 heavy (non-hydrogen) atoms. The van der Waals surface area contributed by atoms with Crippen LogP contribution >= 0.6 is 0 Å². The third-order valence-corrected chi connectivity index (χ3v) is 2.26. The third kappa shape index (κ3) is 4.23. The van der Waals surface area contributed by atoms with Gasteiger partial charge in [0, 0.05) is 31.1 Å². The maximum absolute atomic E-state index is 10.4. The highest BCUT2D eigenvalue weighted by atomic mass is 16.4. The molecule has 0 fully saturated rings. The molecule has 1 heterocycles. The Hall–Kier alpha value is -1.68. The van der Waals surface area contributed by atoms with Gasteiger partial charge in [-0.15, -0.1) is 0 Å². The van der Waals surface area contributed by atoms with Crippen molar-refractivity contribution in [2.24, 2.45) is 0 Å². The van der Waals surface area contributed by atoms with Crippen molar-refractivity contribution < 1.29 is 9.90 Å². The zero-order valence-corrected chi connectivity index (χ0v) is 9.47. The average Bonchev–Trinajstić information content (AvgIpc) is 2.26. The van der Waals surface area contributed by atoms with Crippen molar-refractivity contribution in [2.45, 2.75) is 19.9 Å². The van der Waals surface area contributed by atoms with E-state index in [1.807, 2.05) is 19.1 Å². The van der Waals surface area contributed by atoms with Crippen molar-refractivity contribution in [1.82, 2.24) is 10.3 Å². The van der Waals surface area contributed by atoms with Crippen LogP contribution in [-0.4, -0.2) is 22.6 Å². The zero-order valence-electron chi connectivity index (χ0n) is 9.47. The zero-order chi connectivity index (χ0) is 12.0. The van der Waals surface area contributed by atoms with E-state index in [-0.39, 0.29) is 6.04 Å². The largest absolute Gasteiger partial charge is 0.478 e. The molecule has 0 aliphatic heterocycles. The smallest absolute Gasteiger partial charge is 0.328 e. The number of carboxylic acids is 1. The Kier molecular flexibility index (Phi) is 4.66. The number of nitrogens with one attached hydrogen (secondary N) is 1. The summed E-state index contributed by atoms with van der Waals surface area (Å²) < 4.78 is 0. The van der Waals surface area contributed by atoms with E-state index < -0.39 is 5.97 Å². The third-order valence-electron chi connectivity index (χ3n) is 2.26. The minimum absolute atomic E-state index is 0.181. The van der Waals surface area contributed by atoms with Gasteiger partial charge in [0.25, 0.3) is 0 Å². The molecule has 1 aromatic rings. The highest BCUT2D eigenvalue weighted by molar-refractivity contribution is 5.80. The van der Waals surface area contributed by atoms with E-state index in [9.17, 15) is 4.79 Å². The van der Waals surface area contributed by atoms with Crippen molar-refractivity contribution >= 4 is 5.97 Å². The van der Waals surface area contributed by atoms with Crippen LogP contribution in [0, 0.1) is 0 Å². The quantitative estimate of drug-likeness (QED) is 0.742. The summed E-state index contributed by atoms with van der Waals surface area (Å²) in [5.74, 6) is -0.907. The predicted octanol–water partition coefficient (Wildman–Crippen LogP) is 1.76. The Balaban J connectivity index is 2.48. The molecule has 0 saturated heterocycles. The van der Waals surface area contributed by atoms with Gasteiger partial charge in [-0.1, -0.05) is 5.57 Å². The standard InChI is InChI=1S/C12H16N2O2/c1-9(7-12(15)16)8-14-10(2)11-3-5-13-6-4-11/h3-7,10,14H,8H2,1-2H3,(H,15,16)/b9-7+. The number of carboxylic acid groups (broad SMARTS) is 1. The second-order valence-corrected chi connectivity index (χ2v) is 3.71. The van der Waals surface area contributed by atoms with Gasteiger partial charge in [-0.25, -0.2) is 4.79 Å². The van der Waals surface area contributed by atoms with Crippen LogP contribution in [0.3, 0.4) is 0 Å². The summed E-state index contributed by atoms with van der Waals surface area (Å²) in [6, 6.07) is 4.06. The molecule has 0 bridgehead atoms. The van der Waals surface area contributed by atoms with E-state index in [1.54, 1.807) is 19.3 Å². The number of aromatic nitrogens is 1. The minimum atomic E-state index is -0.907. The number of carbonyl (C=O) groups is 1. The van der Waals surface area contributed by atoms with E-state index in [2.05, 4.69) is 10.3 Å². The molecule has 86 valence electrons. The van der Waals surface area contributed by atoms with Crippen molar-refractivity contribution in [3.8, 4) is 0 Å². The van der Waals surface area contributed by atoms with Crippen molar-refractivity contribution in [3.63, 3.8) is 0 Å². The molecular weight excluding hydrogens is 204 g/mol. The number of hydrogen-bond donors (Lipinski definition) is 2. The molecule has 1 atom stereocenters. The van der Waals surface area contributed by atoms with Crippen LogP contribution in [-0.2, 0) is 4.79 Å². The van der Waals surface area contributed by atoms with Crippen molar-refractivity contribution in [3.05, 3.63) is 41.7 Å². The van der Waals surface area contributed by atoms with E-state index >= 15 is 0 Å². The van der Waals surface area contributed by atoms with Gasteiger partial charge in [0.05, 0.1) is 0 Å². The molecule has 1 aromatic heterocycles. The van der Waals surface area contributed by atoms with Gasteiger partial charge in [-0.05, 0) is 31.5 Å². The summed E-state index contributed by atoms with van der Waals surface area (Å²) in [5, 5.41) is 11.8. The maximum Gasteiger partial charge on any atom is 0.328 e. The fraction of sp³-hybridized carbons (Fsp3) is 0.333. The van der Waals surface area contributed by atoms with Gasteiger partial charge in [-0.2, -0.15) is 0 Å². The number of aliphatic carboxylic acids is 1. The molecule has 4 nitrogen and oxygen atoms in total. The topological polar surface area (TPSA) is 62.2 Å². The molecule has 2 N–H and O–H groups in total. The summed E-state index contributed by atoms with van der Waals surface area (Å²) in [7, 11) is 0. The second-order valence-electron chi connectivity index (χ2n) is 3.71. The van der Waals surface area contributed by atoms with E-state index in [1.165, 1.54) is 6.08 Å². The summed E-state index contributed by atoms with van der Waals surface area (Å²) in [5.41, 5.74) is 1.94. The maximum atomic E-state index is 10.4. The Labute approximate surface area is 95.0 Å². The molecule has 0 aliphatic rings. The number of rotatable bonds is 5. The van der Waals surface area contributed by atoms with Crippen molar-refractivity contribution in [2.75, 3.05) is 6.54 Å². The molecule has 4 heteroatoms. The molecule has 0 radical (unpaired) electrons. The lowest BCUT2D eigenvalue weighted by Gasteiger charge is -2.13. The first-order valence-electron chi connectivity index (χ1n) is 5.13. The van der Waals surface area contributed by atoms with Crippen LogP contribution in [0.2, 0.25) is 0 Å². The van der Waals surface area contributed by atoms with Crippen LogP contribution in [0.1, 0.15) is 25.5 Å². The van der Waals surface area contributed by atoms with Crippen LogP contribution in [0.15, 0.2) is 36.2 Å². The van der Waals surface area contributed by atoms with Crippen molar-refractivity contribution in [1.29, 1.82) is 0 Å². The van der Waals surface area contributed by atoms with Gasteiger partial charge in [0.2, 0.25) is 0 Å². The minimum Gasteiger partial charge on any atom is -0.478 e. The summed E-state index contributed by atoms with van der Waals surface area (Å²) >= 11 is 0. The van der Waals surface area contributed by atoms with Gasteiger partial charge >= 0.3 is 5.97 Å². The van der Waals surface area contributed by atoms with Crippen LogP contribution in [0.5, 0.6) is 0 Å². The monoisotopic (exact) mass is 220 g/mol. The molecule has 1 rings (SSSR count). The lowest BCUT2D eigenvalue weighted by atomic mass is 10.1.